The normalized spacial score (nSPS) is 10.0. The van der Waals surface area contributed by atoms with E-state index in [2.05, 4.69) is 11.4 Å². The van der Waals surface area contributed by atoms with Crippen molar-refractivity contribution in [2.24, 2.45) is 0 Å². The number of fused-ring (bicyclic) bond motifs is 1. The third kappa shape index (κ3) is 2.47. The summed E-state index contributed by atoms with van der Waals surface area (Å²) in [6.07, 6.45) is 0. The average Bonchev–Trinajstić information content (AvgIpc) is 2.56. The Morgan fingerprint density at radius 1 is 0.905 bits per heavy atom. The summed E-state index contributed by atoms with van der Waals surface area (Å²) in [6.45, 7) is 0. The van der Waals surface area contributed by atoms with Crippen LogP contribution in [-0.4, -0.2) is 5.91 Å². The summed E-state index contributed by atoms with van der Waals surface area (Å²) in [5.74, 6) is -0.219. The largest absolute Gasteiger partial charge is 0.320 e. The third-order valence-electron chi connectivity index (χ3n) is 3.32. The van der Waals surface area contributed by atoms with Crippen LogP contribution < -0.4 is 5.32 Å². The van der Waals surface area contributed by atoms with E-state index in [1.54, 1.807) is 18.2 Å². The zero-order valence-electron chi connectivity index (χ0n) is 11.2. The highest BCUT2D eigenvalue weighted by Crippen LogP contribution is 2.27. The van der Waals surface area contributed by atoms with Crippen LogP contribution in [0.1, 0.15) is 15.9 Å². The van der Waals surface area contributed by atoms with Gasteiger partial charge < -0.3 is 5.32 Å². The van der Waals surface area contributed by atoms with Crippen molar-refractivity contribution in [3.63, 3.8) is 0 Å². The Morgan fingerprint density at radius 3 is 2.38 bits per heavy atom. The quantitative estimate of drug-likeness (QED) is 0.767. The second kappa shape index (κ2) is 5.48. The number of benzene rings is 3. The Balaban J connectivity index is 2.08. The number of nitriles is 1. The van der Waals surface area contributed by atoms with Gasteiger partial charge in [0.15, 0.2) is 0 Å². The van der Waals surface area contributed by atoms with Crippen LogP contribution in [-0.2, 0) is 0 Å². The van der Waals surface area contributed by atoms with E-state index < -0.39 is 0 Å². The van der Waals surface area contributed by atoms with Gasteiger partial charge in [0.25, 0.3) is 5.91 Å². The van der Waals surface area contributed by atoms with Gasteiger partial charge in [-0.2, -0.15) is 5.26 Å². The van der Waals surface area contributed by atoms with Crippen LogP contribution in [0.4, 0.5) is 5.69 Å². The van der Waals surface area contributed by atoms with Crippen LogP contribution >= 0.6 is 0 Å². The fraction of sp³-hybridized carbons (Fsp3) is 0. The lowest BCUT2D eigenvalue weighted by Crippen LogP contribution is -2.13. The molecule has 0 saturated carbocycles. The van der Waals surface area contributed by atoms with E-state index >= 15 is 0 Å². The Bertz CT molecular complexity index is 848. The first-order chi connectivity index (χ1) is 10.3. The molecule has 0 aliphatic heterocycles. The number of carbonyl (C=O) groups excluding carboxylic acids is 1. The Labute approximate surface area is 122 Å². The van der Waals surface area contributed by atoms with Gasteiger partial charge >= 0.3 is 0 Å². The molecule has 0 spiro atoms. The second-order valence-corrected chi connectivity index (χ2v) is 4.64. The number of carbonyl (C=O) groups is 1. The highest BCUT2D eigenvalue weighted by molar-refractivity contribution is 6.10. The molecule has 3 nitrogen and oxygen atoms in total. The maximum Gasteiger partial charge on any atom is 0.255 e. The van der Waals surface area contributed by atoms with Gasteiger partial charge in [-0.1, -0.05) is 48.5 Å². The number of rotatable bonds is 2. The van der Waals surface area contributed by atoms with E-state index in [0.717, 1.165) is 10.8 Å². The molecule has 1 amide bonds. The van der Waals surface area contributed by atoms with Crippen molar-refractivity contribution in [2.75, 3.05) is 5.32 Å². The molecule has 3 aromatic rings. The van der Waals surface area contributed by atoms with E-state index in [-0.39, 0.29) is 5.91 Å². The van der Waals surface area contributed by atoms with Crippen molar-refractivity contribution in [2.45, 2.75) is 0 Å². The summed E-state index contributed by atoms with van der Waals surface area (Å²) >= 11 is 0. The first kappa shape index (κ1) is 12.9. The molecular formula is C18H12N2O. The standard InChI is InChI=1S/C18H12N2O/c19-12-15-11-10-13-6-4-5-9-16(13)17(15)20-18(21)14-7-2-1-3-8-14/h1-11H,(H,20,21). The van der Waals surface area contributed by atoms with E-state index in [0.29, 0.717) is 16.8 Å². The van der Waals surface area contributed by atoms with E-state index in [1.807, 2.05) is 48.5 Å². The molecule has 0 heterocycles. The molecule has 0 aliphatic rings. The summed E-state index contributed by atoms with van der Waals surface area (Å²) < 4.78 is 0. The van der Waals surface area contributed by atoms with Crippen molar-refractivity contribution in [1.29, 1.82) is 5.26 Å². The molecule has 0 bridgehead atoms. The zero-order chi connectivity index (χ0) is 14.7. The highest BCUT2D eigenvalue weighted by Gasteiger charge is 2.11. The zero-order valence-corrected chi connectivity index (χ0v) is 11.2. The van der Waals surface area contributed by atoms with Gasteiger partial charge in [0.05, 0.1) is 11.3 Å². The molecule has 0 aromatic heterocycles. The van der Waals surface area contributed by atoms with Crippen molar-refractivity contribution >= 4 is 22.4 Å². The van der Waals surface area contributed by atoms with Crippen molar-refractivity contribution in [1.82, 2.24) is 0 Å². The van der Waals surface area contributed by atoms with Crippen molar-refractivity contribution < 1.29 is 4.79 Å². The number of amides is 1. The lowest BCUT2D eigenvalue weighted by molar-refractivity contribution is 0.102. The van der Waals surface area contributed by atoms with Crippen molar-refractivity contribution in [3.8, 4) is 6.07 Å². The maximum absolute atomic E-state index is 12.3. The molecule has 0 fully saturated rings. The number of hydrogen-bond acceptors (Lipinski definition) is 2. The molecule has 0 aliphatic carbocycles. The molecule has 21 heavy (non-hydrogen) atoms. The maximum atomic E-state index is 12.3. The monoisotopic (exact) mass is 272 g/mol. The molecular weight excluding hydrogens is 260 g/mol. The molecule has 1 N–H and O–H groups in total. The summed E-state index contributed by atoms with van der Waals surface area (Å²) in [5.41, 5.74) is 1.58. The van der Waals surface area contributed by atoms with Gasteiger partial charge in [0.2, 0.25) is 0 Å². The van der Waals surface area contributed by atoms with Gasteiger partial charge in [-0.15, -0.1) is 0 Å². The number of nitrogens with zero attached hydrogens (tertiary/aromatic N) is 1. The van der Waals surface area contributed by atoms with E-state index in [1.165, 1.54) is 0 Å². The predicted molar refractivity (Wildman–Crippen MR) is 83.1 cm³/mol. The lowest BCUT2D eigenvalue weighted by Gasteiger charge is -2.10. The number of anilines is 1. The first-order valence-electron chi connectivity index (χ1n) is 6.58. The van der Waals surface area contributed by atoms with Gasteiger partial charge in [-0.3, -0.25) is 4.79 Å². The van der Waals surface area contributed by atoms with Crippen molar-refractivity contribution in [3.05, 3.63) is 77.9 Å². The summed E-state index contributed by atoms with van der Waals surface area (Å²) in [7, 11) is 0. The van der Waals surface area contributed by atoms with Gasteiger partial charge in [-0.05, 0) is 23.6 Å². The second-order valence-electron chi connectivity index (χ2n) is 4.64. The lowest BCUT2D eigenvalue weighted by atomic mass is 10.0. The smallest absolute Gasteiger partial charge is 0.255 e. The van der Waals surface area contributed by atoms with Crippen LogP contribution in [0.15, 0.2) is 66.7 Å². The minimum Gasteiger partial charge on any atom is -0.320 e. The summed E-state index contributed by atoms with van der Waals surface area (Å²) in [5, 5.41) is 14.0. The molecule has 3 heteroatoms. The fourth-order valence-electron chi connectivity index (χ4n) is 2.27. The van der Waals surface area contributed by atoms with Crippen LogP contribution in [0, 0.1) is 11.3 Å². The summed E-state index contributed by atoms with van der Waals surface area (Å²) in [4.78, 5) is 12.3. The Kier molecular flexibility index (Phi) is 3.36. The first-order valence-corrected chi connectivity index (χ1v) is 6.58. The predicted octanol–water partition coefficient (Wildman–Crippen LogP) is 3.96. The van der Waals surface area contributed by atoms with E-state index in [4.69, 9.17) is 0 Å². The summed E-state index contributed by atoms with van der Waals surface area (Å²) in [6, 6.07) is 22.4. The van der Waals surface area contributed by atoms with Crippen LogP contribution in [0.2, 0.25) is 0 Å². The Morgan fingerprint density at radius 2 is 1.62 bits per heavy atom. The minimum absolute atomic E-state index is 0.219. The SMILES string of the molecule is N#Cc1ccc2ccccc2c1NC(=O)c1ccccc1. The van der Waals surface area contributed by atoms with Crippen LogP contribution in [0.25, 0.3) is 10.8 Å². The molecule has 0 radical (unpaired) electrons. The average molecular weight is 272 g/mol. The van der Waals surface area contributed by atoms with Gasteiger partial charge in [0.1, 0.15) is 6.07 Å². The van der Waals surface area contributed by atoms with E-state index in [9.17, 15) is 10.1 Å². The highest BCUT2D eigenvalue weighted by atomic mass is 16.1. The van der Waals surface area contributed by atoms with Crippen LogP contribution in [0.3, 0.4) is 0 Å². The van der Waals surface area contributed by atoms with Gasteiger partial charge in [-0.25, -0.2) is 0 Å². The molecule has 0 atom stereocenters. The van der Waals surface area contributed by atoms with Gasteiger partial charge in [0, 0.05) is 10.9 Å². The number of hydrogen-bond donors (Lipinski definition) is 1. The van der Waals surface area contributed by atoms with Crippen LogP contribution in [0.5, 0.6) is 0 Å². The molecule has 3 rings (SSSR count). The number of nitrogens with one attached hydrogen (secondary N) is 1. The Hall–Kier alpha value is -3.12. The third-order valence-corrected chi connectivity index (χ3v) is 3.32. The molecule has 0 saturated heterocycles. The molecule has 0 unspecified atom stereocenters. The molecule has 3 aromatic carbocycles. The molecule has 100 valence electrons. The fourth-order valence-corrected chi connectivity index (χ4v) is 2.27. The topological polar surface area (TPSA) is 52.9 Å². The minimum atomic E-state index is -0.219.